The summed E-state index contributed by atoms with van der Waals surface area (Å²) in [5.41, 5.74) is 7.79. The first-order valence-electron chi connectivity index (χ1n) is 8.87. The topological polar surface area (TPSA) is 15.6 Å². The molecule has 3 heteroatoms. The van der Waals surface area contributed by atoms with Crippen molar-refractivity contribution in [3.8, 4) is 0 Å². The van der Waals surface area contributed by atoms with Crippen LogP contribution in [-0.4, -0.2) is 18.8 Å². The van der Waals surface area contributed by atoms with E-state index >= 15 is 0 Å². The van der Waals surface area contributed by atoms with E-state index in [0.717, 1.165) is 5.69 Å². The molecule has 1 aliphatic rings. The highest BCUT2D eigenvalue weighted by Crippen LogP contribution is 2.43. The molecule has 132 valence electrons. The fourth-order valence-electron chi connectivity index (χ4n) is 3.73. The first-order valence-corrected chi connectivity index (χ1v) is 9.95. The van der Waals surface area contributed by atoms with Gasteiger partial charge in [0.1, 0.15) is 0 Å². The van der Waals surface area contributed by atoms with Crippen LogP contribution in [0.3, 0.4) is 0 Å². The molecule has 1 unspecified atom stereocenters. The molecule has 1 atom stereocenters. The molecule has 0 bridgehead atoms. The number of nitrogens with zero attached hydrogens (tertiary/aromatic N) is 2. The predicted octanol–water partition coefficient (Wildman–Crippen LogP) is 6.38. The molecule has 1 aliphatic heterocycles. The van der Waals surface area contributed by atoms with Crippen LogP contribution in [0.2, 0.25) is 0 Å². The maximum atomic E-state index is 4.72. The molecule has 3 rings (SSSR count). The fraction of sp³-hybridized carbons (Fsp3) is 0.409. The van der Waals surface area contributed by atoms with Crippen LogP contribution in [0.25, 0.3) is 0 Å². The van der Waals surface area contributed by atoms with Gasteiger partial charge in [0, 0.05) is 28.1 Å². The van der Waals surface area contributed by atoms with Crippen molar-refractivity contribution in [3.63, 3.8) is 0 Å². The van der Waals surface area contributed by atoms with Crippen LogP contribution in [0.4, 0.5) is 11.4 Å². The van der Waals surface area contributed by atoms with Crippen molar-refractivity contribution in [1.29, 1.82) is 0 Å². The van der Waals surface area contributed by atoms with Gasteiger partial charge >= 0.3 is 0 Å². The number of hydrogen-bond donors (Lipinski definition) is 0. The maximum Gasteiger partial charge on any atom is 0.0633 e. The second-order valence-electron chi connectivity index (χ2n) is 7.94. The van der Waals surface area contributed by atoms with Crippen molar-refractivity contribution in [3.05, 3.63) is 56.2 Å². The van der Waals surface area contributed by atoms with Crippen LogP contribution in [0.5, 0.6) is 0 Å². The molecular weight excluding hydrogens is 419 g/mol. The van der Waals surface area contributed by atoms with Crippen molar-refractivity contribution in [2.24, 2.45) is 4.99 Å². The van der Waals surface area contributed by atoms with Gasteiger partial charge in [0.05, 0.1) is 5.69 Å². The molecule has 1 heterocycles. The van der Waals surface area contributed by atoms with Gasteiger partial charge in [-0.3, -0.25) is 4.99 Å². The Labute approximate surface area is 165 Å². The van der Waals surface area contributed by atoms with Gasteiger partial charge in [-0.15, -0.1) is 0 Å². The molecule has 0 N–H and O–H groups in total. The Balaban J connectivity index is 1.98. The average molecular weight is 446 g/mol. The van der Waals surface area contributed by atoms with Crippen molar-refractivity contribution < 1.29 is 0 Å². The van der Waals surface area contributed by atoms with Crippen LogP contribution in [0, 0.1) is 17.4 Å². The molecular formula is C22H27IN2. The van der Waals surface area contributed by atoms with Gasteiger partial charge in [-0.05, 0) is 115 Å². The lowest BCUT2D eigenvalue weighted by atomic mass is 9.79. The van der Waals surface area contributed by atoms with Gasteiger partial charge in [-0.2, -0.15) is 0 Å². The number of aliphatic imine (C=N–C) groups is 1. The van der Waals surface area contributed by atoms with Crippen LogP contribution < -0.4 is 4.90 Å². The zero-order chi connectivity index (χ0) is 18.4. The van der Waals surface area contributed by atoms with Gasteiger partial charge in [0.15, 0.2) is 0 Å². The highest BCUT2D eigenvalue weighted by atomic mass is 127. The van der Waals surface area contributed by atoms with Crippen LogP contribution >= 0.6 is 22.6 Å². The molecule has 2 aromatic carbocycles. The minimum absolute atomic E-state index is 0.202. The van der Waals surface area contributed by atoms with E-state index in [0.29, 0.717) is 5.92 Å². The monoisotopic (exact) mass is 446 g/mol. The highest BCUT2D eigenvalue weighted by molar-refractivity contribution is 14.1. The quantitative estimate of drug-likeness (QED) is 0.386. The average Bonchev–Trinajstić information content (AvgIpc) is 2.54. The van der Waals surface area contributed by atoms with E-state index in [1.54, 1.807) is 0 Å². The van der Waals surface area contributed by atoms with Gasteiger partial charge in [0.25, 0.3) is 0 Å². The van der Waals surface area contributed by atoms with E-state index in [1.807, 2.05) is 6.21 Å². The molecule has 0 spiro atoms. The molecule has 0 amide bonds. The van der Waals surface area contributed by atoms with Gasteiger partial charge < -0.3 is 4.90 Å². The van der Waals surface area contributed by atoms with Gasteiger partial charge in [0.2, 0.25) is 0 Å². The summed E-state index contributed by atoms with van der Waals surface area (Å²) in [6.45, 7) is 11.3. The van der Waals surface area contributed by atoms with Crippen LogP contribution in [-0.2, 0) is 0 Å². The van der Waals surface area contributed by atoms with E-state index in [4.69, 9.17) is 4.99 Å². The minimum atomic E-state index is 0.202. The van der Waals surface area contributed by atoms with E-state index in [9.17, 15) is 0 Å². The molecule has 25 heavy (non-hydrogen) atoms. The second-order valence-corrected chi connectivity index (χ2v) is 9.10. The minimum Gasteiger partial charge on any atom is -0.369 e. The normalized spacial score (nSPS) is 19.3. The summed E-state index contributed by atoms with van der Waals surface area (Å²) in [6.07, 6.45) is 3.19. The smallest absolute Gasteiger partial charge is 0.0633 e. The van der Waals surface area contributed by atoms with Crippen LogP contribution in [0.15, 0.2) is 35.3 Å². The van der Waals surface area contributed by atoms with E-state index < -0.39 is 0 Å². The SMILES string of the molecule is Cc1cc(N=Cc2cc3c(cc2C)N(C)C(C)(C)CC3C)ccc1I. The molecule has 0 saturated heterocycles. The summed E-state index contributed by atoms with van der Waals surface area (Å²) in [5, 5.41) is 0. The van der Waals surface area contributed by atoms with E-state index in [-0.39, 0.29) is 5.54 Å². The summed E-state index contributed by atoms with van der Waals surface area (Å²) >= 11 is 2.36. The van der Waals surface area contributed by atoms with Crippen molar-refractivity contribution in [1.82, 2.24) is 0 Å². The first-order chi connectivity index (χ1) is 11.7. The number of anilines is 1. The number of aryl methyl sites for hydroxylation is 2. The Kier molecular flexibility index (Phi) is 4.97. The summed E-state index contributed by atoms with van der Waals surface area (Å²) in [7, 11) is 2.21. The number of halogens is 1. The molecule has 0 aliphatic carbocycles. The number of fused-ring (bicyclic) bond motifs is 1. The molecule has 2 aromatic rings. The van der Waals surface area contributed by atoms with Crippen molar-refractivity contribution in [2.75, 3.05) is 11.9 Å². The molecule has 2 nitrogen and oxygen atoms in total. The maximum absolute atomic E-state index is 4.72. The third kappa shape index (κ3) is 3.62. The van der Waals surface area contributed by atoms with Gasteiger partial charge in [-0.25, -0.2) is 0 Å². The van der Waals surface area contributed by atoms with Crippen LogP contribution in [0.1, 0.15) is 55.4 Å². The summed E-state index contributed by atoms with van der Waals surface area (Å²) in [4.78, 5) is 7.15. The van der Waals surface area contributed by atoms with Gasteiger partial charge in [-0.1, -0.05) is 6.92 Å². The van der Waals surface area contributed by atoms with Crippen molar-refractivity contribution >= 4 is 40.2 Å². The number of rotatable bonds is 2. The summed E-state index contributed by atoms with van der Waals surface area (Å²) in [6, 6.07) is 11.0. The number of hydrogen-bond acceptors (Lipinski definition) is 2. The lowest BCUT2D eigenvalue weighted by Gasteiger charge is -2.45. The highest BCUT2D eigenvalue weighted by Gasteiger charge is 2.34. The van der Waals surface area contributed by atoms with E-state index in [1.165, 1.54) is 37.9 Å². The Morgan fingerprint density at radius 2 is 1.88 bits per heavy atom. The molecule has 0 aromatic heterocycles. The second kappa shape index (κ2) is 6.75. The predicted molar refractivity (Wildman–Crippen MR) is 118 cm³/mol. The standard InChI is InChI=1S/C22H27IN2/c1-14-10-21-19(16(3)12-22(4,5)25(21)6)11-17(14)13-24-18-7-8-20(23)15(2)9-18/h7-11,13,16H,12H2,1-6H3. The van der Waals surface area contributed by atoms with Crippen molar-refractivity contribution in [2.45, 2.75) is 52.5 Å². The first kappa shape index (κ1) is 18.4. The largest absolute Gasteiger partial charge is 0.369 e. The number of benzene rings is 2. The van der Waals surface area contributed by atoms with E-state index in [2.05, 4.69) is 99.5 Å². The summed E-state index contributed by atoms with van der Waals surface area (Å²) < 4.78 is 1.28. The Bertz CT molecular complexity index is 836. The summed E-state index contributed by atoms with van der Waals surface area (Å²) in [5.74, 6) is 0.564. The zero-order valence-corrected chi connectivity index (χ0v) is 18.2. The molecule has 0 saturated carbocycles. The molecule has 0 fully saturated rings. The lowest BCUT2D eigenvalue weighted by molar-refractivity contribution is 0.395. The fourth-order valence-corrected chi connectivity index (χ4v) is 4.06. The lowest BCUT2D eigenvalue weighted by Crippen LogP contribution is -2.45. The molecule has 0 radical (unpaired) electrons. The third-order valence-corrected chi connectivity index (χ3v) is 6.73. The Morgan fingerprint density at radius 1 is 1.16 bits per heavy atom. The third-order valence-electron chi connectivity index (χ3n) is 5.52. The zero-order valence-electron chi connectivity index (χ0n) is 16.0. The Morgan fingerprint density at radius 3 is 2.56 bits per heavy atom. The Hall–Kier alpha value is -1.36.